The van der Waals surface area contributed by atoms with E-state index in [1.165, 1.54) is 24.3 Å². The van der Waals surface area contributed by atoms with Crippen LogP contribution in [0.2, 0.25) is 0 Å². The molecule has 38 heavy (non-hydrogen) atoms. The lowest BCUT2D eigenvalue weighted by atomic mass is 10.1. The lowest BCUT2D eigenvalue weighted by Crippen LogP contribution is -2.17. The van der Waals surface area contributed by atoms with Crippen LogP contribution in [0.15, 0.2) is 77.2 Å². The van der Waals surface area contributed by atoms with E-state index in [9.17, 15) is 27.9 Å². The lowest BCUT2D eigenvalue weighted by molar-refractivity contribution is -0.137. The molecule has 0 aliphatic heterocycles. The van der Waals surface area contributed by atoms with Gasteiger partial charge in [0.25, 0.3) is 11.8 Å². The van der Waals surface area contributed by atoms with Gasteiger partial charge in [-0.25, -0.2) is 0 Å². The van der Waals surface area contributed by atoms with Crippen LogP contribution in [0.1, 0.15) is 32.2 Å². The highest BCUT2D eigenvalue weighted by atomic mass is 19.4. The van der Waals surface area contributed by atoms with Gasteiger partial charge >= 0.3 is 6.18 Å². The van der Waals surface area contributed by atoms with Gasteiger partial charge in [-0.1, -0.05) is 29.8 Å². The lowest BCUT2D eigenvalue weighted by Gasteiger charge is -2.10. The zero-order valence-electron chi connectivity index (χ0n) is 19.7. The summed E-state index contributed by atoms with van der Waals surface area (Å²) in [6.07, 6.45) is -4.59. The number of nitrogens with one attached hydrogen (secondary N) is 3. The summed E-state index contributed by atoms with van der Waals surface area (Å²) in [6, 6.07) is 17.1. The standard InChI is InChI=1S/C27H19F3N4O4/c1-14-9-10-21(35)18(11-14)19-13-20(34-33-19)25(36)32-23-17-7-2-3-8-22(17)38-24(23)26(37)31-16-6-4-5-15(12-16)27(28,29)30/h2-13,35H,1H3,(H,31,37)(H,32,36)(H,33,34). The highest BCUT2D eigenvalue weighted by Crippen LogP contribution is 2.34. The summed E-state index contributed by atoms with van der Waals surface area (Å²) in [6.45, 7) is 1.85. The van der Waals surface area contributed by atoms with Gasteiger partial charge in [-0.05, 0) is 55.5 Å². The van der Waals surface area contributed by atoms with Crippen molar-refractivity contribution < 1.29 is 32.3 Å². The molecule has 0 bridgehead atoms. The van der Waals surface area contributed by atoms with Crippen LogP contribution in [0.25, 0.3) is 22.2 Å². The maximum Gasteiger partial charge on any atom is 0.416 e. The van der Waals surface area contributed by atoms with Gasteiger partial charge in [-0.3, -0.25) is 14.7 Å². The van der Waals surface area contributed by atoms with E-state index in [0.717, 1.165) is 17.7 Å². The fourth-order valence-corrected chi connectivity index (χ4v) is 3.90. The Balaban J connectivity index is 1.45. The van der Waals surface area contributed by atoms with Crippen molar-refractivity contribution in [2.24, 2.45) is 0 Å². The normalized spacial score (nSPS) is 11.5. The van der Waals surface area contributed by atoms with Gasteiger partial charge in [0.1, 0.15) is 22.7 Å². The minimum Gasteiger partial charge on any atom is -0.507 e. The minimum atomic E-state index is -4.59. The summed E-state index contributed by atoms with van der Waals surface area (Å²) in [5.74, 6) is -1.82. The fourth-order valence-electron chi connectivity index (χ4n) is 3.90. The number of aromatic nitrogens is 2. The minimum absolute atomic E-state index is 0.0107. The summed E-state index contributed by atoms with van der Waals surface area (Å²) in [5.41, 5.74) is 0.966. The molecule has 5 aromatic rings. The Morgan fingerprint density at radius 3 is 2.53 bits per heavy atom. The predicted octanol–water partition coefficient (Wildman–Crippen LogP) is 6.36. The molecule has 0 atom stereocenters. The number of anilines is 2. The number of H-pyrrole nitrogens is 1. The van der Waals surface area contributed by atoms with Crippen LogP contribution in [0.5, 0.6) is 5.75 Å². The quantitative estimate of drug-likeness (QED) is 0.215. The Kier molecular flexibility index (Phi) is 6.11. The van der Waals surface area contributed by atoms with Crippen molar-refractivity contribution in [3.63, 3.8) is 0 Å². The SMILES string of the molecule is Cc1ccc(O)c(-c2cc(C(=O)Nc3c(C(=O)Nc4cccc(C(F)(F)F)c4)oc4ccccc34)[nH]n2)c1. The van der Waals surface area contributed by atoms with E-state index in [-0.39, 0.29) is 34.2 Å². The smallest absolute Gasteiger partial charge is 0.416 e. The molecule has 0 saturated carbocycles. The highest BCUT2D eigenvalue weighted by molar-refractivity contribution is 6.16. The Labute approximate surface area is 213 Å². The first kappa shape index (κ1) is 24.6. The molecule has 11 heteroatoms. The van der Waals surface area contributed by atoms with Crippen LogP contribution >= 0.6 is 0 Å². The number of halogens is 3. The van der Waals surface area contributed by atoms with Gasteiger partial charge in [-0.15, -0.1) is 0 Å². The maximum absolute atomic E-state index is 13.1. The van der Waals surface area contributed by atoms with Crippen LogP contribution in [-0.4, -0.2) is 27.1 Å². The van der Waals surface area contributed by atoms with Gasteiger partial charge in [0.2, 0.25) is 5.76 Å². The molecule has 2 heterocycles. The van der Waals surface area contributed by atoms with Crippen molar-refractivity contribution in [3.8, 4) is 17.0 Å². The van der Waals surface area contributed by atoms with Crippen LogP contribution in [0.4, 0.5) is 24.5 Å². The zero-order chi connectivity index (χ0) is 27.0. The molecule has 0 aliphatic carbocycles. The number of aryl methyl sites for hydroxylation is 1. The van der Waals surface area contributed by atoms with Crippen molar-refractivity contribution in [2.75, 3.05) is 10.6 Å². The number of phenolic OH excluding ortho intramolecular Hbond substituents is 1. The molecule has 0 unspecified atom stereocenters. The maximum atomic E-state index is 13.1. The summed E-state index contributed by atoms with van der Waals surface area (Å²) in [7, 11) is 0. The van der Waals surface area contributed by atoms with E-state index in [2.05, 4.69) is 20.8 Å². The number of para-hydroxylation sites is 1. The molecule has 8 nitrogen and oxygen atoms in total. The van der Waals surface area contributed by atoms with Crippen molar-refractivity contribution >= 4 is 34.2 Å². The second-order valence-corrected chi connectivity index (χ2v) is 8.48. The van der Waals surface area contributed by atoms with E-state index in [1.54, 1.807) is 36.4 Å². The average Bonchev–Trinajstić information content (AvgIpc) is 3.51. The molecule has 4 N–H and O–H groups in total. The molecule has 0 spiro atoms. The third kappa shape index (κ3) is 4.81. The summed E-state index contributed by atoms with van der Waals surface area (Å²) >= 11 is 0. The number of benzene rings is 3. The van der Waals surface area contributed by atoms with Crippen molar-refractivity contribution in [2.45, 2.75) is 13.1 Å². The van der Waals surface area contributed by atoms with Gasteiger partial charge in [0, 0.05) is 16.6 Å². The molecule has 5 rings (SSSR count). The van der Waals surface area contributed by atoms with Gasteiger partial charge in [0.05, 0.1) is 11.3 Å². The first-order chi connectivity index (χ1) is 18.1. The number of aromatic hydroxyl groups is 1. The topological polar surface area (TPSA) is 120 Å². The van der Waals surface area contributed by atoms with E-state index < -0.39 is 23.6 Å². The molecule has 3 aromatic carbocycles. The van der Waals surface area contributed by atoms with Crippen LogP contribution < -0.4 is 10.6 Å². The van der Waals surface area contributed by atoms with Crippen molar-refractivity contribution in [1.82, 2.24) is 10.2 Å². The predicted molar refractivity (Wildman–Crippen MR) is 134 cm³/mol. The summed E-state index contributed by atoms with van der Waals surface area (Å²) in [4.78, 5) is 26.2. The molecular weight excluding hydrogens is 501 g/mol. The highest BCUT2D eigenvalue weighted by Gasteiger charge is 2.31. The Bertz CT molecular complexity index is 1690. The molecule has 0 fully saturated rings. The number of nitrogens with zero attached hydrogens (tertiary/aromatic N) is 1. The number of rotatable bonds is 5. The number of hydrogen-bond acceptors (Lipinski definition) is 5. The fraction of sp³-hybridized carbons (Fsp3) is 0.0741. The number of phenols is 1. The summed E-state index contributed by atoms with van der Waals surface area (Å²) < 4.78 is 44.9. The van der Waals surface area contributed by atoms with Gasteiger partial charge in [0.15, 0.2) is 0 Å². The monoisotopic (exact) mass is 520 g/mol. The van der Waals surface area contributed by atoms with E-state index in [1.807, 2.05) is 6.92 Å². The number of aromatic amines is 1. The molecule has 0 aliphatic rings. The van der Waals surface area contributed by atoms with Crippen LogP contribution in [-0.2, 0) is 6.18 Å². The molecule has 0 saturated heterocycles. The third-order valence-corrected chi connectivity index (χ3v) is 5.74. The molecule has 192 valence electrons. The second kappa shape index (κ2) is 9.43. The van der Waals surface area contributed by atoms with Crippen LogP contribution in [0, 0.1) is 6.92 Å². The largest absolute Gasteiger partial charge is 0.507 e. The number of carbonyl (C=O) groups is 2. The number of fused-ring (bicyclic) bond motifs is 1. The number of amides is 2. The molecule has 2 aromatic heterocycles. The number of alkyl halides is 3. The average molecular weight is 520 g/mol. The Morgan fingerprint density at radius 2 is 1.74 bits per heavy atom. The van der Waals surface area contributed by atoms with E-state index in [0.29, 0.717) is 16.6 Å². The Hall–Kier alpha value is -5.06. The molecular formula is C27H19F3N4O4. The van der Waals surface area contributed by atoms with Gasteiger partial charge in [-0.2, -0.15) is 18.3 Å². The van der Waals surface area contributed by atoms with E-state index in [4.69, 9.17) is 4.42 Å². The zero-order valence-corrected chi connectivity index (χ0v) is 19.7. The van der Waals surface area contributed by atoms with Crippen molar-refractivity contribution in [1.29, 1.82) is 0 Å². The van der Waals surface area contributed by atoms with Gasteiger partial charge < -0.3 is 20.2 Å². The molecule has 0 radical (unpaired) electrons. The first-order valence-corrected chi connectivity index (χ1v) is 11.3. The first-order valence-electron chi connectivity index (χ1n) is 11.3. The number of hydrogen-bond donors (Lipinski definition) is 4. The second-order valence-electron chi connectivity index (χ2n) is 8.48. The molecule has 2 amide bonds. The third-order valence-electron chi connectivity index (χ3n) is 5.74. The summed E-state index contributed by atoms with van der Waals surface area (Å²) in [5, 5.41) is 22.3. The number of carbonyl (C=O) groups excluding carboxylic acids is 2. The van der Waals surface area contributed by atoms with Crippen molar-refractivity contribution in [3.05, 3.63) is 95.4 Å². The van der Waals surface area contributed by atoms with Crippen LogP contribution in [0.3, 0.4) is 0 Å². The Morgan fingerprint density at radius 1 is 0.947 bits per heavy atom. The van der Waals surface area contributed by atoms with E-state index >= 15 is 0 Å². The number of furan rings is 1.